The number of benzene rings is 1. The van der Waals surface area contributed by atoms with Gasteiger partial charge in [0.15, 0.2) is 6.04 Å². The quantitative estimate of drug-likeness (QED) is 0.939. The molecule has 0 bridgehead atoms. The summed E-state index contributed by atoms with van der Waals surface area (Å²) in [5.41, 5.74) is 2.92. The molecule has 1 amide bonds. The van der Waals surface area contributed by atoms with Crippen LogP contribution in [-0.2, 0) is 18.3 Å². The maximum absolute atomic E-state index is 13.0. The minimum Gasteiger partial charge on any atom is -0.479 e. The van der Waals surface area contributed by atoms with Gasteiger partial charge in [-0.3, -0.25) is 9.48 Å². The SMILES string of the molecule is CC(C)c1cc(C(=O)N2CCc3ccccc3[C@@H]2C(=O)O)n(C)n1. The van der Waals surface area contributed by atoms with Crippen LogP contribution >= 0.6 is 0 Å². The molecule has 1 aromatic heterocycles. The Morgan fingerprint density at radius 1 is 1.29 bits per heavy atom. The van der Waals surface area contributed by atoms with Crippen molar-refractivity contribution in [2.75, 3.05) is 6.54 Å². The number of fused-ring (bicyclic) bond motifs is 1. The Morgan fingerprint density at radius 3 is 2.62 bits per heavy atom. The highest BCUT2D eigenvalue weighted by molar-refractivity contribution is 5.96. The van der Waals surface area contributed by atoms with Gasteiger partial charge in [-0.15, -0.1) is 0 Å². The van der Waals surface area contributed by atoms with Crippen molar-refractivity contribution in [3.05, 3.63) is 52.8 Å². The number of amides is 1. The highest BCUT2D eigenvalue weighted by Gasteiger charge is 2.37. The second-order valence-electron chi connectivity index (χ2n) is 6.42. The average molecular weight is 327 g/mol. The maximum Gasteiger partial charge on any atom is 0.331 e. The number of hydrogen-bond acceptors (Lipinski definition) is 3. The Labute approximate surface area is 140 Å². The molecule has 0 saturated heterocycles. The van der Waals surface area contributed by atoms with Gasteiger partial charge in [-0.05, 0) is 29.5 Å². The number of rotatable bonds is 3. The molecular formula is C18H21N3O3. The molecule has 1 aliphatic heterocycles. The van der Waals surface area contributed by atoms with Gasteiger partial charge in [0.1, 0.15) is 5.69 Å². The van der Waals surface area contributed by atoms with Crippen LogP contribution in [0.25, 0.3) is 0 Å². The predicted molar refractivity (Wildman–Crippen MR) is 88.9 cm³/mol. The molecule has 24 heavy (non-hydrogen) atoms. The van der Waals surface area contributed by atoms with Crippen LogP contribution in [0.1, 0.15) is 53.1 Å². The summed E-state index contributed by atoms with van der Waals surface area (Å²) in [6.45, 7) is 4.40. The number of carboxylic acid groups (broad SMARTS) is 1. The fourth-order valence-electron chi connectivity index (χ4n) is 3.17. The topological polar surface area (TPSA) is 75.4 Å². The summed E-state index contributed by atoms with van der Waals surface area (Å²) in [5.74, 6) is -1.10. The van der Waals surface area contributed by atoms with Crippen molar-refractivity contribution in [3.63, 3.8) is 0 Å². The summed E-state index contributed by atoms with van der Waals surface area (Å²) >= 11 is 0. The Balaban J connectivity index is 1.99. The molecule has 126 valence electrons. The second kappa shape index (κ2) is 6.11. The van der Waals surface area contributed by atoms with Crippen molar-refractivity contribution in [1.29, 1.82) is 0 Å². The third kappa shape index (κ3) is 2.68. The van der Waals surface area contributed by atoms with Crippen molar-refractivity contribution in [1.82, 2.24) is 14.7 Å². The van der Waals surface area contributed by atoms with Crippen LogP contribution in [0.15, 0.2) is 30.3 Å². The number of aliphatic carboxylic acids is 1. The molecule has 3 rings (SSSR count). The van der Waals surface area contributed by atoms with Gasteiger partial charge >= 0.3 is 5.97 Å². The average Bonchev–Trinajstić information content (AvgIpc) is 2.95. The summed E-state index contributed by atoms with van der Waals surface area (Å²) in [7, 11) is 1.72. The van der Waals surface area contributed by atoms with Gasteiger partial charge < -0.3 is 10.0 Å². The second-order valence-corrected chi connectivity index (χ2v) is 6.42. The van der Waals surface area contributed by atoms with E-state index in [1.165, 1.54) is 9.58 Å². The van der Waals surface area contributed by atoms with Gasteiger partial charge in [0, 0.05) is 13.6 Å². The van der Waals surface area contributed by atoms with Gasteiger partial charge in [-0.2, -0.15) is 5.10 Å². The van der Waals surface area contributed by atoms with Crippen LogP contribution in [0.5, 0.6) is 0 Å². The number of aryl methyl sites for hydroxylation is 1. The van der Waals surface area contributed by atoms with Crippen LogP contribution in [0, 0.1) is 0 Å². The number of carbonyl (C=O) groups excluding carboxylic acids is 1. The first-order valence-corrected chi connectivity index (χ1v) is 8.05. The number of carbonyl (C=O) groups is 2. The standard InChI is InChI=1S/C18H21N3O3/c1-11(2)14-10-15(20(3)19-14)17(22)21-9-8-12-6-4-5-7-13(12)16(21)18(23)24/h4-7,10-11,16H,8-9H2,1-3H3,(H,23,24)/t16-/m1/s1. The molecule has 0 unspecified atom stereocenters. The monoisotopic (exact) mass is 327 g/mol. The lowest BCUT2D eigenvalue weighted by Gasteiger charge is -2.34. The van der Waals surface area contributed by atoms with Crippen LogP contribution in [0.3, 0.4) is 0 Å². The van der Waals surface area contributed by atoms with Crippen molar-refractivity contribution in [2.45, 2.75) is 32.2 Å². The zero-order valence-electron chi connectivity index (χ0n) is 14.1. The Bertz CT molecular complexity index is 795. The van der Waals surface area contributed by atoms with E-state index in [-0.39, 0.29) is 11.8 Å². The minimum atomic E-state index is -1.01. The molecule has 2 aromatic rings. The van der Waals surface area contributed by atoms with E-state index in [9.17, 15) is 14.7 Å². The molecule has 0 spiro atoms. The largest absolute Gasteiger partial charge is 0.479 e. The number of nitrogens with zero attached hydrogens (tertiary/aromatic N) is 3. The molecular weight excluding hydrogens is 306 g/mol. The van der Waals surface area contributed by atoms with Gasteiger partial charge in [0.25, 0.3) is 5.91 Å². The molecule has 2 heterocycles. The van der Waals surface area contributed by atoms with E-state index in [4.69, 9.17) is 0 Å². The first kappa shape index (κ1) is 16.2. The fourth-order valence-corrected chi connectivity index (χ4v) is 3.17. The molecule has 1 aliphatic rings. The van der Waals surface area contributed by atoms with Gasteiger partial charge in [-0.1, -0.05) is 38.1 Å². The smallest absolute Gasteiger partial charge is 0.331 e. The number of hydrogen-bond donors (Lipinski definition) is 1. The van der Waals surface area contributed by atoms with E-state index < -0.39 is 12.0 Å². The Hall–Kier alpha value is -2.63. The van der Waals surface area contributed by atoms with Gasteiger partial charge in [-0.25, -0.2) is 4.79 Å². The van der Waals surface area contributed by atoms with Crippen molar-refractivity contribution >= 4 is 11.9 Å². The molecule has 0 radical (unpaired) electrons. The predicted octanol–water partition coefficient (Wildman–Crippen LogP) is 2.37. The van der Waals surface area contributed by atoms with Crippen LogP contribution in [0.4, 0.5) is 0 Å². The molecule has 0 aliphatic carbocycles. The Morgan fingerprint density at radius 2 is 2.00 bits per heavy atom. The molecule has 1 aromatic carbocycles. The van der Waals surface area contributed by atoms with E-state index in [1.807, 2.05) is 32.0 Å². The fraction of sp³-hybridized carbons (Fsp3) is 0.389. The number of aromatic nitrogens is 2. The van der Waals surface area contributed by atoms with Gasteiger partial charge in [0.2, 0.25) is 0 Å². The van der Waals surface area contributed by atoms with Crippen molar-refractivity contribution in [3.8, 4) is 0 Å². The van der Waals surface area contributed by atoms with E-state index >= 15 is 0 Å². The lowest BCUT2D eigenvalue weighted by atomic mass is 9.92. The summed E-state index contributed by atoms with van der Waals surface area (Å²) in [5, 5.41) is 14.1. The normalized spacial score (nSPS) is 17.0. The van der Waals surface area contributed by atoms with E-state index in [0.717, 1.165) is 11.3 Å². The molecule has 0 fully saturated rings. The van der Waals surface area contributed by atoms with Crippen LogP contribution in [-0.4, -0.2) is 38.2 Å². The molecule has 6 heteroatoms. The minimum absolute atomic E-state index is 0.204. The van der Waals surface area contributed by atoms with Crippen molar-refractivity contribution in [2.24, 2.45) is 7.05 Å². The highest BCUT2D eigenvalue weighted by atomic mass is 16.4. The molecule has 0 saturated carbocycles. The number of carboxylic acids is 1. The summed E-state index contributed by atoms with van der Waals surface area (Å²) < 4.78 is 1.54. The van der Waals surface area contributed by atoms with Crippen LogP contribution in [0.2, 0.25) is 0 Å². The molecule has 1 N–H and O–H groups in total. The van der Waals surface area contributed by atoms with E-state index in [1.54, 1.807) is 19.2 Å². The lowest BCUT2D eigenvalue weighted by Crippen LogP contribution is -2.44. The zero-order valence-corrected chi connectivity index (χ0v) is 14.1. The first-order chi connectivity index (χ1) is 11.4. The van der Waals surface area contributed by atoms with E-state index in [2.05, 4.69) is 5.10 Å². The highest BCUT2D eigenvalue weighted by Crippen LogP contribution is 2.31. The maximum atomic E-state index is 13.0. The zero-order chi connectivity index (χ0) is 17.4. The van der Waals surface area contributed by atoms with Gasteiger partial charge in [0.05, 0.1) is 5.69 Å². The first-order valence-electron chi connectivity index (χ1n) is 8.05. The third-order valence-corrected chi connectivity index (χ3v) is 4.49. The van der Waals surface area contributed by atoms with Crippen LogP contribution < -0.4 is 0 Å². The lowest BCUT2D eigenvalue weighted by molar-refractivity contribution is -0.143. The summed E-state index contributed by atoms with van der Waals surface area (Å²) in [6, 6.07) is 8.21. The molecule has 1 atom stereocenters. The van der Waals surface area contributed by atoms with E-state index in [0.29, 0.717) is 24.2 Å². The van der Waals surface area contributed by atoms with Crippen molar-refractivity contribution < 1.29 is 14.7 Å². The third-order valence-electron chi connectivity index (χ3n) is 4.49. The summed E-state index contributed by atoms with van der Waals surface area (Å²) in [4.78, 5) is 26.3. The Kier molecular flexibility index (Phi) is 4.13. The molecule has 6 nitrogen and oxygen atoms in total. The summed E-state index contributed by atoms with van der Waals surface area (Å²) in [6.07, 6.45) is 0.653.